The van der Waals surface area contributed by atoms with Crippen LogP contribution in [-0.4, -0.2) is 46.4 Å². The molecule has 1 aliphatic heterocycles. The zero-order valence-corrected chi connectivity index (χ0v) is 13.9. The highest BCUT2D eigenvalue weighted by Gasteiger charge is 2.19. The van der Waals surface area contributed by atoms with Crippen molar-refractivity contribution in [2.45, 2.75) is 18.9 Å². The van der Waals surface area contributed by atoms with Crippen molar-refractivity contribution in [2.75, 3.05) is 34.4 Å². The Labute approximate surface area is 136 Å². The Morgan fingerprint density at radius 3 is 2.36 bits per heavy atom. The Morgan fingerprint density at radius 1 is 1.18 bits per heavy atom. The quantitative estimate of drug-likeness (QED) is 0.829. The molecule has 0 aliphatic carbocycles. The Hall–Kier alpha value is -1.66. The fraction of sp³-hybridized carbons (Fsp3) is 0.533. The molecule has 1 unspecified atom stereocenters. The van der Waals surface area contributed by atoms with Gasteiger partial charge in [-0.25, -0.2) is 0 Å². The lowest BCUT2D eigenvalue weighted by atomic mass is 10.1. The summed E-state index contributed by atoms with van der Waals surface area (Å²) in [6.07, 6.45) is 2.24. The van der Waals surface area contributed by atoms with Gasteiger partial charge in [-0.1, -0.05) is 0 Å². The Bertz CT molecular complexity index is 505. The van der Waals surface area contributed by atoms with Crippen LogP contribution in [0.2, 0.25) is 0 Å². The minimum absolute atomic E-state index is 0. The van der Waals surface area contributed by atoms with Gasteiger partial charge in [0.05, 0.1) is 26.9 Å². The van der Waals surface area contributed by atoms with Crippen molar-refractivity contribution in [3.8, 4) is 17.2 Å². The van der Waals surface area contributed by atoms with Crippen molar-refractivity contribution in [1.82, 2.24) is 10.6 Å². The highest BCUT2D eigenvalue weighted by Crippen LogP contribution is 2.34. The summed E-state index contributed by atoms with van der Waals surface area (Å²) in [6.45, 7) is 1.62. The van der Waals surface area contributed by atoms with Crippen LogP contribution in [0.4, 0.5) is 0 Å². The molecule has 1 saturated heterocycles. The molecule has 0 spiro atoms. The molecule has 124 valence electrons. The van der Waals surface area contributed by atoms with Crippen molar-refractivity contribution >= 4 is 18.3 Å². The van der Waals surface area contributed by atoms with Crippen LogP contribution in [0.25, 0.3) is 0 Å². The van der Waals surface area contributed by atoms with E-state index >= 15 is 0 Å². The van der Waals surface area contributed by atoms with E-state index in [0.717, 1.165) is 19.4 Å². The first-order valence-corrected chi connectivity index (χ1v) is 7.01. The maximum absolute atomic E-state index is 12.3. The number of hydrogen-bond acceptors (Lipinski definition) is 5. The molecule has 2 rings (SSSR count). The average molecular weight is 331 g/mol. The molecule has 22 heavy (non-hydrogen) atoms. The summed E-state index contributed by atoms with van der Waals surface area (Å²) >= 11 is 0. The van der Waals surface area contributed by atoms with Crippen LogP contribution in [0.15, 0.2) is 12.1 Å². The topological polar surface area (TPSA) is 68.8 Å². The molecule has 7 heteroatoms. The van der Waals surface area contributed by atoms with Crippen LogP contribution >= 0.6 is 12.4 Å². The first-order chi connectivity index (χ1) is 10.2. The third-order valence-corrected chi connectivity index (χ3v) is 3.62. The number of nitrogens with one attached hydrogen (secondary N) is 2. The standard InChI is InChI=1S/C15H22N2O4.ClH/c1-19-12-8-14(21-3)13(20-2)7-11(12)15(18)17-9-10-5-4-6-16-10;/h7-8,10,16H,4-6,9H2,1-3H3,(H,17,18);1H. The van der Waals surface area contributed by atoms with Gasteiger partial charge in [0, 0.05) is 24.7 Å². The summed E-state index contributed by atoms with van der Waals surface area (Å²) < 4.78 is 15.7. The number of carbonyl (C=O) groups excluding carboxylic acids is 1. The smallest absolute Gasteiger partial charge is 0.255 e. The van der Waals surface area contributed by atoms with Crippen LogP contribution in [-0.2, 0) is 0 Å². The third kappa shape index (κ3) is 4.18. The van der Waals surface area contributed by atoms with Crippen molar-refractivity contribution in [2.24, 2.45) is 0 Å². The van der Waals surface area contributed by atoms with Gasteiger partial charge in [0.2, 0.25) is 0 Å². The largest absolute Gasteiger partial charge is 0.496 e. The van der Waals surface area contributed by atoms with Gasteiger partial charge in [0.25, 0.3) is 5.91 Å². The number of amides is 1. The fourth-order valence-electron chi connectivity index (χ4n) is 2.45. The lowest BCUT2D eigenvalue weighted by Crippen LogP contribution is -2.37. The number of halogens is 1. The Balaban J connectivity index is 0.00000242. The molecule has 1 fully saturated rings. The van der Waals surface area contributed by atoms with E-state index in [2.05, 4.69) is 10.6 Å². The second kappa shape index (κ2) is 8.70. The summed E-state index contributed by atoms with van der Waals surface area (Å²) in [6, 6.07) is 3.64. The minimum atomic E-state index is -0.179. The molecule has 0 radical (unpaired) electrons. The average Bonchev–Trinajstić information content (AvgIpc) is 3.04. The molecular formula is C15H23ClN2O4. The summed E-state index contributed by atoms with van der Waals surface area (Å²) in [7, 11) is 4.60. The number of rotatable bonds is 6. The number of ether oxygens (including phenoxy) is 3. The lowest BCUT2D eigenvalue weighted by Gasteiger charge is -2.15. The summed E-state index contributed by atoms with van der Waals surface area (Å²) in [5.41, 5.74) is 0.438. The third-order valence-electron chi connectivity index (χ3n) is 3.62. The molecule has 0 bridgehead atoms. The van der Waals surface area contributed by atoms with Crippen LogP contribution in [0.5, 0.6) is 17.2 Å². The zero-order chi connectivity index (χ0) is 15.2. The molecule has 1 amide bonds. The van der Waals surface area contributed by atoms with Crippen LogP contribution in [0.3, 0.4) is 0 Å². The first kappa shape index (κ1) is 18.4. The zero-order valence-electron chi connectivity index (χ0n) is 13.1. The molecule has 0 aromatic heterocycles. The van der Waals surface area contributed by atoms with E-state index < -0.39 is 0 Å². The van der Waals surface area contributed by atoms with Crippen molar-refractivity contribution in [3.63, 3.8) is 0 Å². The monoisotopic (exact) mass is 330 g/mol. The summed E-state index contributed by atoms with van der Waals surface area (Å²) in [4.78, 5) is 12.3. The van der Waals surface area contributed by atoms with E-state index in [1.807, 2.05) is 0 Å². The Kier molecular flexibility index (Phi) is 7.27. The van der Waals surface area contributed by atoms with Gasteiger partial charge >= 0.3 is 0 Å². The molecule has 2 N–H and O–H groups in total. The number of hydrogen-bond donors (Lipinski definition) is 2. The molecule has 1 heterocycles. The fourth-order valence-corrected chi connectivity index (χ4v) is 2.45. The SMILES string of the molecule is COc1cc(OC)c(C(=O)NCC2CCCN2)cc1OC.Cl. The van der Waals surface area contributed by atoms with Gasteiger partial charge < -0.3 is 24.8 Å². The second-order valence-corrected chi connectivity index (χ2v) is 4.91. The lowest BCUT2D eigenvalue weighted by molar-refractivity contribution is 0.0947. The molecule has 1 atom stereocenters. The number of carbonyl (C=O) groups is 1. The first-order valence-electron chi connectivity index (χ1n) is 7.01. The summed E-state index contributed by atoms with van der Waals surface area (Å²) in [5, 5.41) is 6.27. The van der Waals surface area contributed by atoms with E-state index in [1.165, 1.54) is 14.2 Å². The van der Waals surface area contributed by atoms with Gasteiger partial charge in [-0.3, -0.25) is 4.79 Å². The molecule has 6 nitrogen and oxygen atoms in total. The maximum atomic E-state index is 12.3. The highest BCUT2D eigenvalue weighted by atomic mass is 35.5. The predicted octanol–water partition coefficient (Wildman–Crippen LogP) is 1.62. The van der Waals surface area contributed by atoms with Crippen molar-refractivity contribution in [1.29, 1.82) is 0 Å². The van der Waals surface area contributed by atoms with E-state index in [0.29, 0.717) is 35.4 Å². The number of methoxy groups -OCH3 is 3. The van der Waals surface area contributed by atoms with Crippen LogP contribution < -0.4 is 24.8 Å². The van der Waals surface area contributed by atoms with Crippen LogP contribution in [0, 0.1) is 0 Å². The number of benzene rings is 1. The summed E-state index contributed by atoms with van der Waals surface area (Å²) in [5.74, 6) is 1.32. The predicted molar refractivity (Wildman–Crippen MR) is 86.7 cm³/mol. The van der Waals surface area contributed by atoms with E-state index in [1.54, 1.807) is 19.2 Å². The molecule has 0 saturated carbocycles. The second-order valence-electron chi connectivity index (χ2n) is 4.91. The van der Waals surface area contributed by atoms with E-state index in [-0.39, 0.29) is 18.3 Å². The molecular weight excluding hydrogens is 308 g/mol. The van der Waals surface area contributed by atoms with E-state index in [4.69, 9.17) is 14.2 Å². The Morgan fingerprint density at radius 2 is 1.82 bits per heavy atom. The van der Waals surface area contributed by atoms with Crippen molar-refractivity contribution < 1.29 is 19.0 Å². The maximum Gasteiger partial charge on any atom is 0.255 e. The van der Waals surface area contributed by atoms with Gasteiger partial charge in [-0.15, -0.1) is 12.4 Å². The van der Waals surface area contributed by atoms with Gasteiger partial charge in [-0.2, -0.15) is 0 Å². The van der Waals surface area contributed by atoms with Gasteiger partial charge in [0.1, 0.15) is 5.75 Å². The van der Waals surface area contributed by atoms with Gasteiger partial charge in [0.15, 0.2) is 11.5 Å². The normalized spacial score (nSPS) is 16.6. The van der Waals surface area contributed by atoms with E-state index in [9.17, 15) is 4.79 Å². The van der Waals surface area contributed by atoms with Crippen LogP contribution in [0.1, 0.15) is 23.2 Å². The molecule has 1 aromatic rings. The van der Waals surface area contributed by atoms with Crippen molar-refractivity contribution in [3.05, 3.63) is 17.7 Å². The molecule has 1 aliphatic rings. The minimum Gasteiger partial charge on any atom is -0.496 e. The van der Waals surface area contributed by atoms with Gasteiger partial charge in [-0.05, 0) is 19.4 Å². The molecule has 1 aromatic carbocycles. The highest BCUT2D eigenvalue weighted by molar-refractivity contribution is 5.97.